The fraction of sp³-hybridized carbons (Fsp3) is 0.464. The van der Waals surface area contributed by atoms with E-state index in [0.717, 1.165) is 43.2 Å². The van der Waals surface area contributed by atoms with E-state index in [1.807, 2.05) is 18.2 Å². The maximum absolute atomic E-state index is 12.5. The van der Waals surface area contributed by atoms with Crippen molar-refractivity contribution in [3.05, 3.63) is 65.7 Å². The molecule has 0 aliphatic carbocycles. The molecule has 0 saturated carbocycles. The van der Waals surface area contributed by atoms with Crippen molar-refractivity contribution < 1.29 is 14.4 Å². The minimum Gasteiger partial charge on any atom is -0.352 e. The van der Waals surface area contributed by atoms with Gasteiger partial charge in [0.1, 0.15) is 0 Å². The standard InChI is InChI=1S/C28H40N6O3S3/c29-22(16-20-6-2-1-3-7-20)17-39-40-18-25(31)27(36)33-23-11-9-21(10-12-23)26(35)32-13-5-4-8-24(30)28(37)34-14-15-38-19-34/h1-3,6-7,9-12,22,24-25H,4-5,8,13-19,29-31H2,(H,32,35)(H,33,36). The second-order valence-electron chi connectivity index (χ2n) is 9.69. The van der Waals surface area contributed by atoms with Crippen molar-refractivity contribution in [3.8, 4) is 0 Å². The van der Waals surface area contributed by atoms with Gasteiger partial charge in [-0.05, 0) is 55.5 Å². The van der Waals surface area contributed by atoms with Gasteiger partial charge in [0, 0.05) is 47.6 Å². The molecule has 0 spiro atoms. The Balaban J connectivity index is 1.27. The number of amides is 3. The van der Waals surface area contributed by atoms with Crippen LogP contribution in [0.15, 0.2) is 54.6 Å². The van der Waals surface area contributed by atoms with Crippen molar-refractivity contribution in [2.24, 2.45) is 17.2 Å². The molecule has 3 unspecified atom stereocenters. The van der Waals surface area contributed by atoms with Gasteiger partial charge in [0.25, 0.3) is 5.91 Å². The van der Waals surface area contributed by atoms with Gasteiger partial charge < -0.3 is 32.7 Å². The van der Waals surface area contributed by atoms with E-state index in [9.17, 15) is 14.4 Å². The predicted molar refractivity (Wildman–Crippen MR) is 169 cm³/mol. The third-order valence-corrected chi connectivity index (χ3v) is 9.82. The van der Waals surface area contributed by atoms with E-state index in [-0.39, 0.29) is 23.8 Å². The van der Waals surface area contributed by atoms with E-state index in [1.165, 1.54) is 16.4 Å². The monoisotopic (exact) mass is 604 g/mol. The summed E-state index contributed by atoms with van der Waals surface area (Å²) < 4.78 is 0. The Morgan fingerprint density at radius 2 is 1.65 bits per heavy atom. The molecular formula is C28H40N6O3S3. The maximum Gasteiger partial charge on any atom is 0.251 e. The van der Waals surface area contributed by atoms with Crippen molar-refractivity contribution in [3.63, 3.8) is 0 Å². The van der Waals surface area contributed by atoms with E-state index in [4.69, 9.17) is 17.2 Å². The van der Waals surface area contributed by atoms with Crippen LogP contribution in [0.25, 0.3) is 0 Å². The minimum absolute atomic E-state index is 0.0130. The molecule has 1 fully saturated rings. The van der Waals surface area contributed by atoms with Gasteiger partial charge in [0.05, 0.1) is 18.0 Å². The molecule has 1 heterocycles. The highest BCUT2D eigenvalue weighted by Crippen LogP contribution is 2.23. The number of carbonyl (C=O) groups excluding carboxylic acids is 3. The highest BCUT2D eigenvalue weighted by Gasteiger charge is 2.23. The fourth-order valence-electron chi connectivity index (χ4n) is 3.99. The third-order valence-electron chi connectivity index (χ3n) is 6.31. The molecule has 1 aliphatic rings. The summed E-state index contributed by atoms with van der Waals surface area (Å²) in [5, 5.41) is 5.69. The van der Waals surface area contributed by atoms with Crippen LogP contribution in [0.1, 0.15) is 35.2 Å². The summed E-state index contributed by atoms with van der Waals surface area (Å²) in [6.07, 6.45) is 2.91. The van der Waals surface area contributed by atoms with Crippen molar-refractivity contribution >= 4 is 56.8 Å². The summed E-state index contributed by atoms with van der Waals surface area (Å²) in [4.78, 5) is 39.0. The molecule has 40 heavy (non-hydrogen) atoms. The maximum atomic E-state index is 12.5. The van der Waals surface area contributed by atoms with Crippen LogP contribution in [0.2, 0.25) is 0 Å². The number of carbonyl (C=O) groups is 3. The quantitative estimate of drug-likeness (QED) is 0.144. The van der Waals surface area contributed by atoms with Gasteiger partial charge in [0.15, 0.2) is 0 Å². The Bertz CT molecular complexity index is 1070. The molecule has 12 heteroatoms. The molecule has 3 rings (SSSR count). The molecule has 3 atom stereocenters. The summed E-state index contributed by atoms with van der Waals surface area (Å²) >= 11 is 1.74. The van der Waals surface area contributed by atoms with Gasteiger partial charge in [0.2, 0.25) is 11.8 Å². The highest BCUT2D eigenvalue weighted by atomic mass is 33.1. The van der Waals surface area contributed by atoms with Crippen molar-refractivity contribution in [1.82, 2.24) is 10.2 Å². The largest absolute Gasteiger partial charge is 0.352 e. The average Bonchev–Trinajstić information content (AvgIpc) is 3.50. The number of anilines is 1. The van der Waals surface area contributed by atoms with Crippen LogP contribution in [0.3, 0.4) is 0 Å². The molecule has 3 amide bonds. The number of nitrogens with zero attached hydrogens (tertiary/aromatic N) is 1. The number of rotatable bonds is 16. The Morgan fingerprint density at radius 1 is 0.925 bits per heavy atom. The number of hydrogen-bond acceptors (Lipinski definition) is 9. The van der Waals surface area contributed by atoms with E-state index in [0.29, 0.717) is 30.0 Å². The topological polar surface area (TPSA) is 157 Å². The zero-order valence-corrected chi connectivity index (χ0v) is 25.1. The molecule has 0 aromatic heterocycles. The first-order valence-corrected chi connectivity index (χ1v) is 17.1. The molecule has 9 nitrogen and oxygen atoms in total. The number of nitrogens with two attached hydrogens (primary N) is 3. The van der Waals surface area contributed by atoms with Crippen LogP contribution < -0.4 is 27.8 Å². The van der Waals surface area contributed by atoms with E-state index in [1.54, 1.807) is 51.7 Å². The second kappa shape index (κ2) is 17.6. The van der Waals surface area contributed by atoms with Gasteiger partial charge in [-0.25, -0.2) is 0 Å². The average molecular weight is 605 g/mol. The zero-order valence-electron chi connectivity index (χ0n) is 22.6. The Labute approximate surface area is 248 Å². The summed E-state index contributed by atoms with van der Waals surface area (Å²) in [6.45, 7) is 1.27. The van der Waals surface area contributed by atoms with Crippen molar-refractivity contribution in [1.29, 1.82) is 0 Å². The van der Waals surface area contributed by atoms with Gasteiger partial charge in [-0.15, -0.1) is 11.8 Å². The first-order chi connectivity index (χ1) is 19.3. The summed E-state index contributed by atoms with van der Waals surface area (Å²) in [5.41, 5.74) is 20.6. The SMILES string of the molecule is NC(CSSCC(N)C(=O)Nc1ccc(C(=O)NCCCCC(N)C(=O)N2CCSC2)cc1)Cc1ccccc1. The third kappa shape index (κ3) is 11.3. The van der Waals surface area contributed by atoms with E-state index in [2.05, 4.69) is 22.8 Å². The van der Waals surface area contributed by atoms with Gasteiger partial charge in [-0.1, -0.05) is 51.9 Å². The Hall–Kier alpha value is -2.22. The number of thioether (sulfide) groups is 1. The number of benzene rings is 2. The van der Waals surface area contributed by atoms with Gasteiger partial charge >= 0.3 is 0 Å². The predicted octanol–water partition coefficient (Wildman–Crippen LogP) is 2.66. The lowest BCUT2D eigenvalue weighted by Gasteiger charge is -2.19. The summed E-state index contributed by atoms with van der Waals surface area (Å²) in [5.74, 6) is 2.46. The lowest BCUT2D eigenvalue weighted by molar-refractivity contribution is -0.131. The van der Waals surface area contributed by atoms with Crippen molar-refractivity contribution in [2.75, 3.05) is 41.5 Å². The number of unbranched alkanes of at least 4 members (excludes halogenated alkanes) is 1. The number of nitrogens with one attached hydrogen (secondary N) is 2. The molecule has 2 aromatic rings. The summed E-state index contributed by atoms with van der Waals surface area (Å²) in [6, 6.07) is 15.7. The smallest absolute Gasteiger partial charge is 0.251 e. The van der Waals surface area contributed by atoms with Crippen LogP contribution in [0, 0.1) is 0 Å². The van der Waals surface area contributed by atoms with Crippen LogP contribution in [0.5, 0.6) is 0 Å². The van der Waals surface area contributed by atoms with Gasteiger partial charge in [-0.3, -0.25) is 14.4 Å². The molecule has 2 aromatic carbocycles. The first kappa shape index (κ1) is 32.3. The van der Waals surface area contributed by atoms with Crippen LogP contribution in [0.4, 0.5) is 5.69 Å². The molecular weight excluding hydrogens is 565 g/mol. The van der Waals surface area contributed by atoms with E-state index >= 15 is 0 Å². The van der Waals surface area contributed by atoms with Crippen molar-refractivity contribution in [2.45, 2.75) is 43.8 Å². The second-order valence-corrected chi connectivity index (χ2v) is 13.3. The van der Waals surface area contributed by atoms with Crippen LogP contribution in [-0.2, 0) is 16.0 Å². The highest BCUT2D eigenvalue weighted by molar-refractivity contribution is 8.76. The summed E-state index contributed by atoms with van der Waals surface area (Å²) in [7, 11) is 3.15. The Morgan fingerprint density at radius 3 is 2.35 bits per heavy atom. The van der Waals surface area contributed by atoms with Gasteiger partial charge in [-0.2, -0.15) is 0 Å². The molecule has 0 bridgehead atoms. The Kier molecular flexibility index (Phi) is 14.2. The van der Waals surface area contributed by atoms with Crippen LogP contribution in [-0.4, -0.2) is 77.0 Å². The number of hydrogen-bond donors (Lipinski definition) is 5. The lowest BCUT2D eigenvalue weighted by atomic mass is 10.1. The molecule has 0 radical (unpaired) electrons. The minimum atomic E-state index is -0.663. The normalized spacial score (nSPS) is 15.3. The first-order valence-electron chi connectivity index (χ1n) is 13.4. The fourth-order valence-corrected chi connectivity index (χ4v) is 7.27. The zero-order chi connectivity index (χ0) is 28.7. The molecule has 1 aliphatic heterocycles. The lowest BCUT2D eigenvalue weighted by Crippen LogP contribution is -2.42. The molecule has 8 N–H and O–H groups in total. The van der Waals surface area contributed by atoms with E-state index < -0.39 is 12.1 Å². The van der Waals surface area contributed by atoms with Crippen LogP contribution >= 0.6 is 33.3 Å². The molecule has 218 valence electrons. The molecule has 1 saturated heterocycles.